The predicted octanol–water partition coefficient (Wildman–Crippen LogP) is 2.63. The van der Waals surface area contributed by atoms with E-state index >= 15 is 0 Å². The maximum absolute atomic E-state index is 5.75. The second-order valence-corrected chi connectivity index (χ2v) is 4.73. The number of nitrogens with two attached hydrogens (primary N) is 1. The summed E-state index contributed by atoms with van der Waals surface area (Å²) < 4.78 is 0. The number of nitrogens with zero attached hydrogens (tertiary/aromatic N) is 2. The first-order valence-electron chi connectivity index (χ1n) is 6.06. The lowest BCUT2D eigenvalue weighted by Gasteiger charge is -2.19. The van der Waals surface area contributed by atoms with Gasteiger partial charge in [-0.2, -0.15) is 0 Å². The highest BCUT2D eigenvalue weighted by Gasteiger charge is 2.10. The monoisotopic (exact) mass is 232 g/mol. The van der Waals surface area contributed by atoms with Crippen molar-refractivity contribution in [3.63, 3.8) is 0 Å². The summed E-state index contributed by atoms with van der Waals surface area (Å²) in [4.78, 5) is 10.0. The quantitative estimate of drug-likeness (QED) is 0.797. The number of hydrogen-bond donors (Lipinski definition) is 2. The Balaban J connectivity index is 2.24. The van der Waals surface area contributed by atoms with E-state index in [0.717, 1.165) is 29.2 Å². The van der Waals surface area contributed by atoms with Crippen LogP contribution in [-0.2, 0) is 0 Å². The van der Waals surface area contributed by atoms with Crippen LogP contribution in [-0.4, -0.2) is 23.6 Å². The minimum Gasteiger partial charge on any atom is -0.399 e. The van der Waals surface area contributed by atoms with Crippen molar-refractivity contribution in [2.24, 2.45) is 5.92 Å². The number of nitrogens with one attached hydrogen (secondary N) is 1. The second kappa shape index (κ2) is 4.65. The topological polar surface area (TPSA) is 57.9 Å². The van der Waals surface area contributed by atoms with Gasteiger partial charge in [-0.3, -0.25) is 0 Å². The van der Waals surface area contributed by atoms with Gasteiger partial charge in [-0.05, 0) is 24.1 Å². The third-order valence-electron chi connectivity index (χ3n) is 3.14. The van der Waals surface area contributed by atoms with Crippen LogP contribution in [0.25, 0.3) is 11.0 Å². The van der Waals surface area contributed by atoms with E-state index in [-0.39, 0.29) is 0 Å². The second-order valence-electron chi connectivity index (χ2n) is 4.73. The largest absolute Gasteiger partial charge is 0.399 e. The highest BCUT2D eigenvalue weighted by atomic mass is 15.2. The molecule has 17 heavy (non-hydrogen) atoms. The predicted molar refractivity (Wildman–Crippen MR) is 73.2 cm³/mol. The van der Waals surface area contributed by atoms with Crippen molar-refractivity contribution in [2.45, 2.75) is 20.3 Å². The molecule has 0 aliphatic carbocycles. The molecule has 92 valence electrons. The summed E-state index contributed by atoms with van der Waals surface area (Å²) in [5, 5.41) is 0. The summed E-state index contributed by atoms with van der Waals surface area (Å²) in [5.74, 6) is 1.57. The standard InChI is InChI=1S/C13H20N4/c1-4-9(2)8-17(3)13-15-11-6-5-10(14)7-12(11)16-13/h5-7,9H,4,8,14H2,1-3H3,(H,15,16). The van der Waals surface area contributed by atoms with Gasteiger partial charge in [-0.25, -0.2) is 4.98 Å². The van der Waals surface area contributed by atoms with Crippen LogP contribution in [0.1, 0.15) is 20.3 Å². The highest BCUT2D eigenvalue weighted by Crippen LogP contribution is 2.19. The van der Waals surface area contributed by atoms with Gasteiger partial charge in [0.1, 0.15) is 0 Å². The van der Waals surface area contributed by atoms with Crippen LogP contribution >= 0.6 is 0 Å². The van der Waals surface area contributed by atoms with Crippen molar-refractivity contribution in [3.05, 3.63) is 18.2 Å². The fraction of sp³-hybridized carbons (Fsp3) is 0.462. The number of imidazole rings is 1. The molecule has 2 aromatic rings. The van der Waals surface area contributed by atoms with E-state index in [0.29, 0.717) is 5.92 Å². The van der Waals surface area contributed by atoms with Crippen molar-refractivity contribution in [1.29, 1.82) is 0 Å². The zero-order valence-corrected chi connectivity index (χ0v) is 10.7. The zero-order valence-electron chi connectivity index (χ0n) is 10.7. The molecule has 1 unspecified atom stereocenters. The SMILES string of the molecule is CCC(C)CN(C)c1nc2ccc(N)cc2[nH]1. The first-order valence-corrected chi connectivity index (χ1v) is 6.06. The molecule has 1 aromatic carbocycles. The maximum Gasteiger partial charge on any atom is 0.203 e. The van der Waals surface area contributed by atoms with Crippen LogP contribution in [0.15, 0.2) is 18.2 Å². The highest BCUT2D eigenvalue weighted by molar-refractivity contribution is 5.80. The number of aromatic amines is 1. The number of hydrogen-bond acceptors (Lipinski definition) is 3. The van der Waals surface area contributed by atoms with Crippen molar-refractivity contribution in [3.8, 4) is 0 Å². The van der Waals surface area contributed by atoms with Gasteiger partial charge in [0.2, 0.25) is 5.95 Å². The van der Waals surface area contributed by atoms with Crippen molar-refractivity contribution in [1.82, 2.24) is 9.97 Å². The molecule has 4 heteroatoms. The fourth-order valence-electron chi connectivity index (χ4n) is 1.88. The van der Waals surface area contributed by atoms with Crippen LogP contribution in [0.5, 0.6) is 0 Å². The van der Waals surface area contributed by atoms with Gasteiger partial charge in [-0.1, -0.05) is 20.3 Å². The van der Waals surface area contributed by atoms with Crippen LogP contribution in [0.2, 0.25) is 0 Å². The Bertz CT molecular complexity index is 503. The number of fused-ring (bicyclic) bond motifs is 1. The summed E-state index contributed by atoms with van der Waals surface area (Å²) in [6.07, 6.45) is 1.18. The number of rotatable bonds is 4. The summed E-state index contributed by atoms with van der Waals surface area (Å²) >= 11 is 0. The first kappa shape index (κ1) is 11.8. The van der Waals surface area contributed by atoms with E-state index in [1.54, 1.807) is 0 Å². The number of anilines is 2. The number of H-pyrrole nitrogens is 1. The maximum atomic E-state index is 5.75. The lowest BCUT2D eigenvalue weighted by Crippen LogP contribution is -2.24. The summed E-state index contributed by atoms with van der Waals surface area (Å²) in [7, 11) is 2.06. The minimum absolute atomic E-state index is 0.665. The van der Waals surface area contributed by atoms with Crippen LogP contribution < -0.4 is 10.6 Å². The smallest absolute Gasteiger partial charge is 0.203 e. The van der Waals surface area contributed by atoms with Gasteiger partial charge in [0.15, 0.2) is 0 Å². The van der Waals surface area contributed by atoms with Gasteiger partial charge in [0.05, 0.1) is 11.0 Å². The third kappa shape index (κ3) is 2.52. The third-order valence-corrected chi connectivity index (χ3v) is 3.14. The number of nitrogen functional groups attached to an aromatic ring is 1. The molecule has 0 spiro atoms. The molecule has 1 heterocycles. The van der Waals surface area contributed by atoms with E-state index in [1.165, 1.54) is 6.42 Å². The Morgan fingerprint density at radius 3 is 2.94 bits per heavy atom. The molecule has 0 fully saturated rings. The van der Waals surface area contributed by atoms with Crippen LogP contribution in [0, 0.1) is 5.92 Å². The lowest BCUT2D eigenvalue weighted by atomic mass is 10.1. The first-order chi connectivity index (χ1) is 8.10. The molecule has 0 bridgehead atoms. The number of benzene rings is 1. The Labute approximate surface area is 102 Å². The van der Waals surface area contributed by atoms with E-state index in [1.807, 2.05) is 18.2 Å². The molecule has 3 N–H and O–H groups in total. The van der Waals surface area contributed by atoms with E-state index < -0.39 is 0 Å². The molecule has 0 radical (unpaired) electrons. The van der Waals surface area contributed by atoms with Gasteiger partial charge < -0.3 is 15.6 Å². The fourth-order valence-corrected chi connectivity index (χ4v) is 1.88. The van der Waals surface area contributed by atoms with Crippen LogP contribution in [0.3, 0.4) is 0 Å². The lowest BCUT2D eigenvalue weighted by molar-refractivity contribution is 0.556. The molecule has 0 amide bonds. The molecule has 1 aromatic heterocycles. The molecule has 2 rings (SSSR count). The number of aromatic nitrogens is 2. The Kier molecular flexibility index (Phi) is 3.22. The molecular formula is C13H20N4. The van der Waals surface area contributed by atoms with E-state index in [2.05, 4.69) is 35.8 Å². The minimum atomic E-state index is 0.665. The Hall–Kier alpha value is -1.71. The zero-order chi connectivity index (χ0) is 12.4. The molecule has 0 aliphatic heterocycles. The van der Waals surface area contributed by atoms with Gasteiger partial charge in [0, 0.05) is 19.3 Å². The van der Waals surface area contributed by atoms with Gasteiger partial charge >= 0.3 is 0 Å². The van der Waals surface area contributed by atoms with Crippen molar-refractivity contribution in [2.75, 3.05) is 24.2 Å². The van der Waals surface area contributed by atoms with Gasteiger partial charge in [0.25, 0.3) is 0 Å². The average molecular weight is 232 g/mol. The summed E-state index contributed by atoms with van der Waals surface area (Å²) in [6, 6.07) is 5.74. The molecule has 0 saturated heterocycles. The van der Waals surface area contributed by atoms with E-state index in [9.17, 15) is 0 Å². The summed E-state index contributed by atoms with van der Waals surface area (Å²) in [5.41, 5.74) is 8.47. The Morgan fingerprint density at radius 1 is 1.47 bits per heavy atom. The molecular weight excluding hydrogens is 212 g/mol. The molecule has 4 nitrogen and oxygen atoms in total. The van der Waals surface area contributed by atoms with Crippen molar-refractivity contribution >= 4 is 22.7 Å². The van der Waals surface area contributed by atoms with Gasteiger partial charge in [-0.15, -0.1) is 0 Å². The normalized spacial score (nSPS) is 12.9. The van der Waals surface area contributed by atoms with E-state index in [4.69, 9.17) is 5.73 Å². The van der Waals surface area contributed by atoms with Crippen LogP contribution in [0.4, 0.5) is 11.6 Å². The average Bonchev–Trinajstić information content (AvgIpc) is 2.71. The Morgan fingerprint density at radius 2 is 2.24 bits per heavy atom. The molecule has 0 saturated carbocycles. The molecule has 1 atom stereocenters. The summed E-state index contributed by atoms with van der Waals surface area (Å²) in [6.45, 7) is 5.46. The van der Waals surface area contributed by atoms with Crippen molar-refractivity contribution < 1.29 is 0 Å². The molecule has 0 aliphatic rings.